The van der Waals surface area contributed by atoms with Crippen molar-refractivity contribution in [3.63, 3.8) is 0 Å². The van der Waals surface area contributed by atoms with E-state index in [9.17, 15) is 4.39 Å². The zero-order valence-corrected chi connectivity index (χ0v) is 12.1. The summed E-state index contributed by atoms with van der Waals surface area (Å²) < 4.78 is 14.4. The summed E-state index contributed by atoms with van der Waals surface area (Å²) in [5.74, 6) is -0.194. The molecule has 1 aromatic heterocycles. The molecule has 3 heteroatoms. The molecule has 1 N–H and O–H groups in total. The third-order valence-electron chi connectivity index (χ3n) is 3.34. The molecule has 3 rings (SSSR count). The van der Waals surface area contributed by atoms with Crippen LogP contribution in [0, 0.1) is 5.82 Å². The Bertz CT molecular complexity index is 669. The van der Waals surface area contributed by atoms with Gasteiger partial charge in [-0.1, -0.05) is 37.3 Å². The van der Waals surface area contributed by atoms with Crippen LogP contribution in [-0.4, -0.2) is 6.54 Å². The van der Waals surface area contributed by atoms with Crippen LogP contribution in [-0.2, 0) is 0 Å². The number of nitrogens with one attached hydrogen (secondary N) is 1. The minimum Gasteiger partial charge on any atom is -0.306 e. The van der Waals surface area contributed by atoms with Gasteiger partial charge >= 0.3 is 0 Å². The van der Waals surface area contributed by atoms with E-state index in [1.165, 1.54) is 27.1 Å². The van der Waals surface area contributed by atoms with E-state index in [2.05, 4.69) is 42.6 Å². The van der Waals surface area contributed by atoms with E-state index in [0.717, 1.165) is 12.1 Å². The molecule has 0 bridgehead atoms. The van der Waals surface area contributed by atoms with E-state index >= 15 is 0 Å². The van der Waals surface area contributed by atoms with Gasteiger partial charge in [0.05, 0.1) is 6.04 Å². The Kier molecular flexibility index (Phi) is 3.81. The Morgan fingerprint density at radius 2 is 1.85 bits per heavy atom. The summed E-state index contributed by atoms with van der Waals surface area (Å²) in [6.07, 6.45) is 0. The van der Waals surface area contributed by atoms with E-state index in [4.69, 9.17) is 0 Å². The Labute approximate surface area is 122 Å². The first-order valence-electron chi connectivity index (χ1n) is 6.75. The van der Waals surface area contributed by atoms with Gasteiger partial charge in [-0.25, -0.2) is 4.39 Å². The van der Waals surface area contributed by atoms with Gasteiger partial charge in [0.15, 0.2) is 0 Å². The van der Waals surface area contributed by atoms with E-state index in [0.29, 0.717) is 0 Å². The van der Waals surface area contributed by atoms with Crippen LogP contribution in [0.1, 0.15) is 23.4 Å². The molecule has 2 aromatic carbocycles. The Hall–Kier alpha value is -1.71. The quantitative estimate of drug-likeness (QED) is 0.730. The number of halogens is 1. The third kappa shape index (κ3) is 2.60. The molecule has 0 spiro atoms. The minimum atomic E-state index is -0.194. The molecule has 1 heterocycles. The monoisotopic (exact) mass is 285 g/mol. The molecule has 0 aliphatic rings. The van der Waals surface area contributed by atoms with Crippen molar-refractivity contribution in [3.05, 3.63) is 70.9 Å². The standard InChI is InChI=1S/C17H16FNS/c1-2-19-17(12-7-9-14(18)10-8-12)16-11-13-5-3-4-6-15(13)20-16/h3-11,17,19H,2H2,1H3. The van der Waals surface area contributed by atoms with Crippen molar-refractivity contribution in [2.45, 2.75) is 13.0 Å². The average molecular weight is 285 g/mol. The van der Waals surface area contributed by atoms with Gasteiger partial charge in [0.1, 0.15) is 5.82 Å². The summed E-state index contributed by atoms with van der Waals surface area (Å²) in [6, 6.07) is 17.5. The van der Waals surface area contributed by atoms with Gasteiger partial charge < -0.3 is 5.32 Å². The number of rotatable bonds is 4. The van der Waals surface area contributed by atoms with Crippen molar-refractivity contribution in [3.8, 4) is 0 Å². The smallest absolute Gasteiger partial charge is 0.123 e. The van der Waals surface area contributed by atoms with Crippen LogP contribution in [0.25, 0.3) is 10.1 Å². The van der Waals surface area contributed by atoms with Crippen LogP contribution in [0.4, 0.5) is 4.39 Å². The second-order valence-electron chi connectivity index (χ2n) is 4.73. The lowest BCUT2D eigenvalue weighted by Crippen LogP contribution is -2.20. The maximum atomic E-state index is 13.1. The summed E-state index contributed by atoms with van der Waals surface area (Å²) in [7, 11) is 0. The summed E-state index contributed by atoms with van der Waals surface area (Å²) in [5, 5.41) is 4.75. The number of benzene rings is 2. The highest BCUT2D eigenvalue weighted by Crippen LogP contribution is 2.33. The van der Waals surface area contributed by atoms with E-state index in [1.807, 2.05) is 12.1 Å². The van der Waals surface area contributed by atoms with Crippen LogP contribution in [0.15, 0.2) is 54.6 Å². The molecule has 0 aliphatic heterocycles. The van der Waals surface area contributed by atoms with Gasteiger partial charge in [-0.3, -0.25) is 0 Å². The minimum absolute atomic E-state index is 0.123. The highest BCUT2D eigenvalue weighted by molar-refractivity contribution is 7.19. The van der Waals surface area contributed by atoms with Crippen molar-refractivity contribution in [1.29, 1.82) is 0 Å². The van der Waals surface area contributed by atoms with Gasteiger partial charge in [0.25, 0.3) is 0 Å². The maximum Gasteiger partial charge on any atom is 0.123 e. The molecule has 0 fully saturated rings. The van der Waals surface area contributed by atoms with E-state index < -0.39 is 0 Å². The molecule has 0 radical (unpaired) electrons. The SMILES string of the molecule is CCNC(c1ccc(F)cc1)c1cc2ccccc2s1. The number of thiophene rings is 1. The van der Waals surface area contributed by atoms with Crippen LogP contribution in [0.3, 0.4) is 0 Å². The Balaban J connectivity index is 2.03. The predicted molar refractivity (Wildman–Crippen MR) is 83.7 cm³/mol. The number of hydrogen-bond donors (Lipinski definition) is 1. The van der Waals surface area contributed by atoms with Crippen molar-refractivity contribution < 1.29 is 4.39 Å². The predicted octanol–water partition coefficient (Wildman–Crippen LogP) is 4.74. The topological polar surface area (TPSA) is 12.0 Å². The highest BCUT2D eigenvalue weighted by Gasteiger charge is 2.15. The number of fused-ring (bicyclic) bond motifs is 1. The molecule has 0 saturated carbocycles. The molecule has 3 aromatic rings. The molecule has 20 heavy (non-hydrogen) atoms. The highest BCUT2D eigenvalue weighted by atomic mass is 32.1. The molecule has 1 atom stereocenters. The zero-order chi connectivity index (χ0) is 13.9. The van der Waals surface area contributed by atoms with E-state index in [1.54, 1.807) is 11.3 Å². The van der Waals surface area contributed by atoms with Crippen LogP contribution in [0.2, 0.25) is 0 Å². The molecule has 102 valence electrons. The molecule has 0 amide bonds. The lowest BCUT2D eigenvalue weighted by Gasteiger charge is -2.16. The zero-order valence-electron chi connectivity index (χ0n) is 11.3. The van der Waals surface area contributed by atoms with Gasteiger partial charge in [-0.2, -0.15) is 0 Å². The summed E-state index contributed by atoms with van der Waals surface area (Å²) in [5.41, 5.74) is 1.10. The van der Waals surface area contributed by atoms with Crippen molar-refractivity contribution in [1.82, 2.24) is 5.32 Å². The maximum absolute atomic E-state index is 13.1. The fourth-order valence-corrected chi connectivity index (χ4v) is 3.56. The number of hydrogen-bond acceptors (Lipinski definition) is 2. The first kappa shape index (κ1) is 13.3. The molecule has 0 aliphatic carbocycles. The van der Waals surface area contributed by atoms with Crippen molar-refractivity contribution >= 4 is 21.4 Å². The Morgan fingerprint density at radius 1 is 1.10 bits per heavy atom. The fraction of sp³-hybridized carbons (Fsp3) is 0.176. The third-order valence-corrected chi connectivity index (χ3v) is 4.52. The summed E-state index contributed by atoms with van der Waals surface area (Å²) >= 11 is 1.79. The van der Waals surface area contributed by atoms with Crippen LogP contribution in [0.5, 0.6) is 0 Å². The average Bonchev–Trinajstić information content (AvgIpc) is 2.89. The Morgan fingerprint density at radius 3 is 2.55 bits per heavy atom. The second kappa shape index (κ2) is 5.73. The lowest BCUT2D eigenvalue weighted by atomic mass is 10.0. The largest absolute Gasteiger partial charge is 0.306 e. The first-order chi connectivity index (χ1) is 9.78. The van der Waals surface area contributed by atoms with Crippen LogP contribution >= 0.6 is 11.3 Å². The van der Waals surface area contributed by atoms with Gasteiger partial charge in [0.2, 0.25) is 0 Å². The van der Waals surface area contributed by atoms with Gasteiger partial charge in [-0.05, 0) is 41.8 Å². The van der Waals surface area contributed by atoms with Crippen molar-refractivity contribution in [2.24, 2.45) is 0 Å². The lowest BCUT2D eigenvalue weighted by molar-refractivity contribution is 0.617. The van der Waals surface area contributed by atoms with Crippen molar-refractivity contribution in [2.75, 3.05) is 6.54 Å². The van der Waals surface area contributed by atoms with Crippen LogP contribution < -0.4 is 5.32 Å². The summed E-state index contributed by atoms with van der Waals surface area (Å²) in [6.45, 7) is 2.96. The van der Waals surface area contributed by atoms with E-state index in [-0.39, 0.29) is 11.9 Å². The first-order valence-corrected chi connectivity index (χ1v) is 7.57. The molecule has 1 unspecified atom stereocenters. The fourth-order valence-electron chi connectivity index (χ4n) is 2.39. The molecule has 1 nitrogen and oxygen atoms in total. The van der Waals surface area contributed by atoms with Gasteiger partial charge in [0, 0.05) is 9.58 Å². The van der Waals surface area contributed by atoms with Gasteiger partial charge in [-0.15, -0.1) is 11.3 Å². The second-order valence-corrected chi connectivity index (χ2v) is 5.84. The normalized spacial score (nSPS) is 12.7. The summed E-state index contributed by atoms with van der Waals surface area (Å²) in [4.78, 5) is 1.26. The molecule has 0 saturated heterocycles. The molecular weight excluding hydrogens is 269 g/mol. The molecular formula is C17H16FNS.